The van der Waals surface area contributed by atoms with Gasteiger partial charge in [-0.05, 0) is 29.8 Å². The highest BCUT2D eigenvalue weighted by Gasteiger charge is 2.37. The maximum Gasteiger partial charge on any atom is 0.254 e. The molecule has 1 aromatic heterocycles. The maximum absolute atomic E-state index is 13.0. The number of fused-ring (bicyclic) bond motifs is 3. The van der Waals surface area contributed by atoms with Gasteiger partial charge < -0.3 is 4.74 Å². The Morgan fingerprint density at radius 1 is 1.12 bits per heavy atom. The minimum atomic E-state index is -1.08. The van der Waals surface area contributed by atoms with Crippen LogP contribution >= 0.6 is 0 Å². The second-order valence-corrected chi connectivity index (χ2v) is 5.79. The molecule has 6 nitrogen and oxygen atoms in total. The number of hydrogen-bond acceptors (Lipinski definition) is 5. The molecule has 2 aromatic carbocycles. The fourth-order valence-electron chi connectivity index (χ4n) is 3.25. The zero-order chi connectivity index (χ0) is 18.3. The molecule has 0 saturated heterocycles. The summed E-state index contributed by atoms with van der Waals surface area (Å²) >= 11 is 0. The van der Waals surface area contributed by atoms with E-state index < -0.39 is 11.8 Å². The molecule has 0 saturated carbocycles. The van der Waals surface area contributed by atoms with E-state index in [-0.39, 0.29) is 11.4 Å². The molecule has 0 unspecified atom stereocenters. The van der Waals surface area contributed by atoms with Crippen LogP contribution in [-0.2, 0) is 0 Å². The number of para-hydroxylation sites is 2. The highest BCUT2D eigenvalue weighted by molar-refractivity contribution is 6.13. The Balaban J connectivity index is 2.05. The molecule has 0 amide bonds. The molecule has 2 heterocycles. The number of ether oxygens (including phenoxy) is 1. The summed E-state index contributed by atoms with van der Waals surface area (Å²) in [6.45, 7) is 0. The summed E-state index contributed by atoms with van der Waals surface area (Å²) in [5.41, 5.74) is 2.44. The predicted octanol–water partition coefficient (Wildman–Crippen LogP) is 3.27. The first kappa shape index (κ1) is 15.6. The van der Waals surface area contributed by atoms with Gasteiger partial charge in [0.05, 0.1) is 24.2 Å². The fraction of sp³-hybridized carbons (Fsp3) is 0.100. The number of nitriles is 2. The van der Waals surface area contributed by atoms with Gasteiger partial charge in [-0.2, -0.15) is 10.5 Å². The van der Waals surface area contributed by atoms with Crippen LogP contribution in [-0.4, -0.2) is 22.6 Å². The van der Waals surface area contributed by atoms with Gasteiger partial charge in [0.2, 0.25) is 0 Å². The van der Waals surface area contributed by atoms with Crippen molar-refractivity contribution in [3.05, 3.63) is 59.9 Å². The number of imidazole rings is 1. The Kier molecular flexibility index (Phi) is 3.53. The van der Waals surface area contributed by atoms with Crippen molar-refractivity contribution in [2.24, 2.45) is 5.92 Å². The van der Waals surface area contributed by atoms with Crippen LogP contribution in [0.1, 0.15) is 16.2 Å². The number of carbonyl (C=O) groups is 1. The average Bonchev–Trinajstić information content (AvgIpc) is 3.07. The van der Waals surface area contributed by atoms with Crippen LogP contribution in [0.4, 0.5) is 0 Å². The van der Waals surface area contributed by atoms with E-state index in [1.807, 2.05) is 6.07 Å². The summed E-state index contributed by atoms with van der Waals surface area (Å²) in [6.07, 6.45) is 0. The molecule has 1 atom stereocenters. The molecule has 0 N–H and O–H groups in total. The van der Waals surface area contributed by atoms with Crippen molar-refractivity contribution in [1.82, 2.24) is 9.55 Å². The van der Waals surface area contributed by atoms with Crippen LogP contribution in [0.3, 0.4) is 0 Å². The second kappa shape index (κ2) is 5.87. The first-order valence-electron chi connectivity index (χ1n) is 7.90. The lowest BCUT2D eigenvalue weighted by Crippen LogP contribution is -2.28. The van der Waals surface area contributed by atoms with E-state index in [1.54, 1.807) is 49.6 Å². The lowest BCUT2D eigenvalue weighted by atomic mass is 9.86. The van der Waals surface area contributed by atoms with Gasteiger partial charge >= 0.3 is 0 Å². The summed E-state index contributed by atoms with van der Waals surface area (Å²) in [4.78, 5) is 17.5. The summed E-state index contributed by atoms with van der Waals surface area (Å²) in [7, 11) is 1.56. The highest BCUT2D eigenvalue weighted by atomic mass is 16.5. The van der Waals surface area contributed by atoms with Gasteiger partial charge in [-0.1, -0.05) is 24.3 Å². The molecular weight excluding hydrogens is 328 g/mol. The Morgan fingerprint density at radius 2 is 1.85 bits per heavy atom. The molecule has 124 valence electrons. The third kappa shape index (κ3) is 2.10. The predicted molar refractivity (Wildman–Crippen MR) is 94.9 cm³/mol. The van der Waals surface area contributed by atoms with Gasteiger partial charge in [0.25, 0.3) is 5.91 Å². The summed E-state index contributed by atoms with van der Waals surface area (Å²) in [5.74, 6) is -0.559. The van der Waals surface area contributed by atoms with Gasteiger partial charge in [0.15, 0.2) is 11.7 Å². The first-order chi connectivity index (χ1) is 12.7. The Labute approximate surface area is 149 Å². The minimum absolute atomic E-state index is 0.234. The molecule has 6 heteroatoms. The summed E-state index contributed by atoms with van der Waals surface area (Å²) < 4.78 is 6.52. The van der Waals surface area contributed by atoms with E-state index in [0.717, 1.165) is 0 Å². The van der Waals surface area contributed by atoms with Crippen LogP contribution in [0.2, 0.25) is 0 Å². The maximum atomic E-state index is 13.0. The first-order valence-corrected chi connectivity index (χ1v) is 7.90. The Hall–Kier alpha value is -3.90. The van der Waals surface area contributed by atoms with Gasteiger partial charge in [-0.25, -0.2) is 4.98 Å². The average molecular weight is 340 g/mol. The number of allylic oxidation sites excluding steroid dienone is 2. The van der Waals surface area contributed by atoms with Crippen LogP contribution in [0.5, 0.6) is 5.75 Å². The molecule has 1 aliphatic rings. The number of nitrogens with zero attached hydrogens (tertiary/aromatic N) is 4. The number of methoxy groups -OCH3 is 1. The number of benzene rings is 2. The van der Waals surface area contributed by atoms with E-state index in [1.165, 1.54) is 4.57 Å². The minimum Gasteiger partial charge on any atom is -0.497 e. The molecule has 1 aliphatic heterocycles. The molecule has 0 spiro atoms. The van der Waals surface area contributed by atoms with Crippen molar-refractivity contribution in [1.29, 1.82) is 10.5 Å². The largest absolute Gasteiger partial charge is 0.497 e. The quantitative estimate of drug-likeness (QED) is 0.714. The van der Waals surface area contributed by atoms with Crippen LogP contribution in [0.25, 0.3) is 22.2 Å². The fourth-order valence-corrected chi connectivity index (χ4v) is 3.25. The van der Waals surface area contributed by atoms with E-state index in [0.29, 0.717) is 27.9 Å². The smallest absolute Gasteiger partial charge is 0.254 e. The standard InChI is InChI=1S/C20H12N4O2/c1-26-13-8-6-12(7-9-13)18-14(10-21)19-23-16-4-2-3-5-17(16)24(19)20(25)15(18)11-22/h2-9,15H,1H3/t15-/m0/s1. The molecule has 0 fully saturated rings. The van der Waals surface area contributed by atoms with Crippen molar-refractivity contribution in [3.8, 4) is 17.9 Å². The zero-order valence-electron chi connectivity index (χ0n) is 13.8. The molecule has 4 rings (SSSR count). The van der Waals surface area contributed by atoms with Crippen molar-refractivity contribution < 1.29 is 9.53 Å². The van der Waals surface area contributed by atoms with E-state index >= 15 is 0 Å². The van der Waals surface area contributed by atoms with Crippen molar-refractivity contribution in [3.63, 3.8) is 0 Å². The second-order valence-electron chi connectivity index (χ2n) is 5.79. The topological polar surface area (TPSA) is 91.7 Å². The van der Waals surface area contributed by atoms with Crippen molar-refractivity contribution in [2.75, 3.05) is 7.11 Å². The number of hydrogen-bond donors (Lipinski definition) is 0. The van der Waals surface area contributed by atoms with E-state index in [9.17, 15) is 15.3 Å². The molecule has 26 heavy (non-hydrogen) atoms. The van der Waals surface area contributed by atoms with Gasteiger partial charge in [0.1, 0.15) is 17.4 Å². The van der Waals surface area contributed by atoms with Gasteiger partial charge in [-0.15, -0.1) is 0 Å². The van der Waals surface area contributed by atoms with Gasteiger partial charge in [0, 0.05) is 5.57 Å². The molecule has 0 aliphatic carbocycles. The number of rotatable bonds is 2. The number of aromatic nitrogens is 2. The zero-order valence-corrected chi connectivity index (χ0v) is 13.8. The third-order valence-electron chi connectivity index (χ3n) is 4.45. The van der Waals surface area contributed by atoms with Crippen molar-refractivity contribution in [2.45, 2.75) is 0 Å². The van der Waals surface area contributed by atoms with Gasteiger partial charge in [-0.3, -0.25) is 9.36 Å². The van der Waals surface area contributed by atoms with Crippen LogP contribution in [0.15, 0.2) is 48.5 Å². The number of carbonyl (C=O) groups excluding carboxylic acids is 1. The molecule has 3 aromatic rings. The third-order valence-corrected chi connectivity index (χ3v) is 4.45. The van der Waals surface area contributed by atoms with Crippen LogP contribution < -0.4 is 4.74 Å². The highest BCUT2D eigenvalue weighted by Crippen LogP contribution is 2.39. The monoisotopic (exact) mass is 340 g/mol. The van der Waals surface area contributed by atoms with Crippen LogP contribution in [0, 0.1) is 28.6 Å². The lowest BCUT2D eigenvalue weighted by molar-refractivity contribution is 0.0892. The molecular formula is C20H12N4O2. The summed E-state index contributed by atoms with van der Waals surface area (Å²) in [5, 5.41) is 19.5. The van der Waals surface area contributed by atoms with E-state index in [2.05, 4.69) is 17.1 Å². The molecule has 0 bridgehead atoms. The SMILES string of the molecule is COc1ccc(C2=C(C#N)c3nc4ccccc4n3C(=O)[C@H]2C#N)cc1. The van der Waals surface area contributed by atoms with Crippen molar-refractivity contribution >= 4 is 28.1 Å². The Bertz CT molecular complexity index is 1160. The normalized spacial score (nSPS) is 16.1. The van der Waals surface area contributed by atoms with E-state index in [4.69, 9.17) is 4.74 Å². The Morgan fingerprint density at radius 3 is 2.50 bits per heavy atom. The molecule has 0 radical (unpaired) electrons. The lowest BCUT2D eigenvalue weighted by Gasteiger charge is -2.22. The summed E-state index contributed by atoms with van der Waals surface area (Å²) in [6, 6.07) is 18.3.